The topological polar surface area (TPSA) is 68.5 Å². The van der Waals surface area contributed by atoms with E-state index in [-0.39, 0.29) is 30.5 Å². The van der Waals surface area contributed by atoms with Crippen LogP contribution in [-0.4, -0.2) is 47.6 Å². The number of carbonyl (C=O) groups excluding carboxylic acids is 1. The van der Waals surface area contributed by atoms with Crippen LogP contribution in [0.4, 0.5) is 0 Å². The molecule has 1 fully saturated rings. The fourth-order valence-electron chi connectivity index (χ4n) is 2.25. The Labute approximate surface area is 129 Å². The van der Waals surface area contributed by atoms with Crippen LogP contribution in [0.1, 0.15) is 35.8 Å². The molecule has 2 rings (SSSR count). The molecule has 0 aromatic carbocycles. The van der Waals surface area contributed by atoms with E-state index in [1.165, 1.54) is 11.3 Å². The molecule has 7 heteroatoms. The number of nitrogens with two attached hydrogens (primary N) is 1. The maximum Gasteiger partial charge on any atom is 0.273 e. The van der Waals surface area contributed by atoms with Crippen molar-refractivity contribution in [1.82, 2.24) is 9.88 Å². The van der Waals surface area contributed by atoms with Gasteiger partial charge in [-0.2, -0.15) is 0 Å². The van der Waals surface area contributed by atoms with Gasteiger partial charge in [0.05, 0.1) is 17.2 Å². The van der Waals surface area contributed by atoms with Crippen LogP contribution in [0.3, 0.4) is 0 Å². The first kappa shape index (κ1) is 17.4. The molecule has 2 N–H and O–H groups in total. The van der Waals surface area contributed by atoms with Crippen LogP contribution in [0.5, 0.6) is 0 Å². The highest BCUT2D eigenvalue weighted by Gasteiger charge is 2.28. The minimum absolute atomic E-state index is 0. The summed E-state index contributed by atoms with van der Waals surface area (Å²) in [6.45, 7) is 5.94. The van der Waals surface area contributed by atoms with Gasteiger partial charge in [-0.3, -0.25) is 4.79 Å². The fourth-order valence-corrected chi connectivity index (χ4v) is 3.03. The number of ether oxygens (including phenoxy) is 1. The van der Waals surface area contributed by atoms with Crippen molar-refractivity contribution in [3.63, 3.8) is 0 Å². The van der Waals surface area contributed by atoms with Gasteiger partial charge >= 0.3 is 0 Å². The van der Waals surface area contributed by atoms with E-state index in [4.69, 9.17) is 10.5 Å². The summed E-state index contributed by atoms with van der Waals surface area (Å²) >= 11 is 1.50. The number of morpholine rings is 1. The average Bonchev–Trinajstić information content (AvgIpc) is 2.86. The average molecular weight is 320 g/mol. The third kappa shape index (κ3) is 4.15. The molecule has 0 bridgehead atoms. The number of thiazole rings is 1. The van der Waals surface area contributed by atoms with E-state index in [1.807, 2.05) is 17.2 Å². The number of amides is 1. The second-order valence-electron chi connectivity index (χ2n) is 4.85. The molecule has 2 unspecified atom stereocenters. The van der Waals surface area contributed by atoms with Gasteiger partial charge in [-0.25, -0.2) is 4.98 Å². The van der Waals surface area contributed by atoms with E-state index in [0.29, 0.717) is 25.3 Å². The third-order valence-electron chi connectivity index (χ3n) is 3.20. The zero-order chi connectivity index (χ0) is 13.8. The number of nitrogens with zero attached hydrogens (tertiary/aromatic N) is 2. The lowest BCUT2D eigenvalue weighted by atomic mass is 10.1. The van der Waals surface area contributed by atoms with Crippen molar-refractivity contribution in [3.05, 3.63) is 16.1 Å². The molecule has 2 heterocycles. The van der Waals surface area contributed by atoms with Crippen LogP contribution in [0.25, 0.3) is 0 Å². The molecular formula is C13H22ClN3O2S. The first-order valence-electron chi connectivity index (χ1n) is 6.73. The Balaban J connectivity index is 0.00000200. The number of hydrogen-bond donors (Lipinski definition) is 1. The van der Waals surface area contributed by atoms with Crippen molar-refractivity contribution in [2.75, 3.05) is 19.6 Å². The first-order chi connectivity index (χ1) is 9.13. The van der Waals surface area contributed by atoms with Crippen LogP contribution in [-0.2, 0) is 11.2 Å². The highest BCUT2D eigenvalue weighted by atomic mass is 35.5. The van der Waals surface area contributed by atoms with Crippen LogP contribution < -0.4 is 5.73 Å². The monoisotopic (exact) mass is 319 g/mol. The minimum Gasteiger partial charge on any atom is -0.372 e. The second kappa shape index (κ2) is 7.93. The highest BCUT2D eigenvalue weighted by Crippen LogP contribution is 2.18. The van der Waals surface area contributed by atoms with Crippen LogP contribution in [0.2, 0.25) is 0 Å². The van der Waals surface area contributed by atoms with Crippen LogP contribution in [0, 0.1) is 0 Å². The summed E-state index contributed by atoms with van der Waals surface area (Å²) in [5, 5.41) is 2.76. The molecular weight excluding hydrogens is 298 g/mol. The summed E-state index contributed by atoms with van der Waals surface area (Å²) in [4.78, 5) is 18.6. The van der Waals surface area contributed by atoms with Gasteiger partial charge in [0.25, 0.3) is 5.91 Å². The maximum absolute atomic E-state index is 12.4. The smallest absolute Gasteiger partial charge is 0.273 e. The van der Waals surface area contributed by atoms with Crippen LogP contribution >= 0.6 is 23.7 Å². The molecule has 0 aliphatic carbocycles. The van der Waals surface area contributed by atoms with Crippen molar-refractivity contribution in [3.8, 4) is 0 Å². The van der Waals surface area contributed by atoms with Crippen molar-refractivity contribution in [1.29, 1.82) is 0 Å². The Morgan fingerprint density at radius 3 is 3.00 bits per heavy atom. The SMILES string of the molecule is CCC1CN(C(=O)c2csc(CCN)n2)CC(C)O1.Cl. The molecule has 0 radical (unpaired) electrons. The van der Waals surface area contributed by atoms with Crippen molar-refractivity contribution in [2.24, 2.45) is 5.73 Å². The van der Waals surface area contributed by atoms with Gasteiger partial charge in [-0.05, 0) is 19.9 Å². The number of hydrogen-bond acceptors (Lipinski definition) is 5. The largest absolute Gasteiger partial charge is 0.372 e. The Morgan fingerprint density at radius 2 is 2.35 bits per heavy atom. The van der Waals surface area contributed by atoms with Crippen LogP contribution in [0.15, 0.2) is 5.38 Å². The molecule has 114 valence electrons. The lowest BCUT2D eigenvalue weighted by molar-refractivity contribution is -0.0682. The molecule has 2 atom stereocenters. The zero-order valence-corrected chi connectivity index (χ0v) is 13.5. The third-order valence-corrected chi connectivity index (χ3v) is 4.11. The Morgan fingerprint density at radius 1 is 1.60 bits per heavy atom. The van der Waals surface area contributed by atoms with E-state index >= 15 is 0 Å². The van der Waals surface area contributed by atoms with Gasteiger partial charge in [-0.1, -0.05) is 6.92 Å². The molecule has 1 aromatic rings. The van der Waals surface area contributed by atoms with Gasteiger partial charge in [0.1, 0.15) is 5.69 Å². The molecule has 1 saturated heterocycles. The maximum atomic E-state index is 12.4. The van der Waals surface area contributed by atoms with Gasteiger partial charge in [-0.15, -0.1) is 23.7 Å². The molecule has 0 spiro atoms. The Kier molecular flexibility index (Phi) is 6.88. The first-order valence-corrected chi connectivity index (χ1v) is 7.61. The van der Waals surface area contributed by atoms with E-state index in [1.54, 1.807) is 0 Å². The van der Waals surface area contributed by atoms with Gasteiger partial charge in [0, 0.05) is 24.9 Å². The minimum atomic E-state index is 0. The lowest BCUT2D eigenvalue weighted by Gasteiger charge is -2.36. The summed E-state index contributed by atoms with van der Waals surface area (Å²) < 4.78 is 5.77. The standard InChI is InChI=1S/C13H21N3O2S.ClH/c1-3-10-7-16(6-9(2)18-10)13(17)11-8-19-12(15-11)4-5-14;/h8-10H,3-7,14H2,1-2H3;1H. The summed E-state index contributed by atoms with van der Waals surface area (Å²) in [6, 6.07) is 0. The molecule has 1 aliphatic heterocycles. The summed E-state index contributed by atoms with van der Waals surface area (Å²) in [6.07, 6.45) is 1.87. The predicted octanol–water partition coefficient (Wildman–Crippen LogP) is 1.71. The fraction of sp³-hybridized carbons (Fsp3) is 0.692. The van der Waals surface area contributed by atoms with Crippen molar-refractivity contribution >= 4 is 29.7 Å². The molecule has 1 aliphatic rings. The van der Waals surface area contributed by atoms with Gasteiger partial charge in [0.2, 0.25) is 0 Å². The predicted molar refractivity (Wildman–Crippen MR) is 82.6 cm³/mol. The van der Waals surface area contributed by atoms with Gasteiger partial charge in [0.15, 0.2) is 0 Å². The number of carbonyl (C=O) groups is 1. The zero-order valence-electron chi connectivity index (χ0n) is 11.9. The van der Waals surface area contributed by atoms with Gasteiger partial charge < -0.3 is 15.4 Å². The second-order valence-corrected chi connectivity index (χ2v) is 5.79. The Hall–Kier alpha value is -0.690. The molecule has 0 saturated carbocycles. The number of halogens is 1. The van der Waals surface area contributed by atoms with E-state index in [0.717, 1.165) is 17.8 Å². The van der Waals surface area contributed by atoms with E-state index in [9.17, 15) is 4.79 Å². The lowest BCUT2D eigenvalue weighted by Crippen LogP contribution is -2.49. The Bertz CT molecular complexity index is 441. The quantitative estimate of drug-likeness (QED) is 0.917. The number of rotatable bonds is 4. The highest BCUT2D eigenvalue weighted by molar-refractivity contribution is 7.09. The van der Waals surface area contributed by atoms with E-state index in [2.05, 4.69) is 11.9 Å². The molecule has 5 nitrogen and oxygen atoms in total. The van der Waals surface area contributed by atoms with Crippen molar-refractivity contribution in [2.45, 2.75) is 38.9 Å². The molecule has 1 amide bonds. The molecule has 1 aromatic heterocycles. The summed E-state index contributed by atoms with van der Waals surface area (Å²) in [5.41, 5.74) is 6.04. The number of aromatic nitrogens is 1. The summed E-state index contributed by atoms with van der Waals surface area (Å²) in [5.74, 6) is 0.00752. The van der Waals surface area contributed by atoms with E-state index < -0.39 is 0 Å². The molecule has 20 heavy (non-hydrogen) atoms. The normalized spacial score (nSPS) is 22.4. The summed E-state index contributed by atoms with van der Waals surface area (Å²) in [7, 11) is 0. The van der Waals surface area contributed by atoms with Crippen molar-refractivity contribution < 1.29 is 9.53 Å².